The van der Waals surface area contributed by atoms with Crippen LogP contribution in [-0.2, 0) is 6.61 Å². The minimum Gasteiger partial charge on any atom is -0.392 e. The second-order valence-corrected chi connectivity index (χ2v) is 5.37. The van der Waals surface area contributed by atoms with Gasteiger partial charge < -0.3 is 5.11 Å². The molecule has 0 saturated heterocycles. The van der Waals surface area contributed by atoms with Crippen molar-refractivity contribution in [2.45, 2.75) is 27.4 Å². The lowest BCUT2D eigenvalue weighted by molar-refractivity contribution is 0.282. The van der Waals surface area contributed by atoms with E-state index in [2.05, 4.69) is 29.1 Å². The number of aryl methyl sites for hydroxylation is 3. The molecule has 2 aromatic heterocycles. The third kappa shape index (κ3) is 2.51. The van der Waals surface area contributed by atoms with Crippen molar-refractivity contribution in [1.29, 1.82) is 0 Å². The molecule has 0 radical (unpaired) electrons. The number of imidazole rings is 1. The molecule has 0 spiro atoms. The van der Waals surface area contributed by atoms with Gasteiger partial charge in [-0.05, 0) is 50.1 Å². The van der Waals surface area contributed by atoms with Gasteiger partial charge in [0.2, 0.25) is 0 Å². The van der Waals surface area contributed by atoms with Crippen LogP contribution in [0, 0.1) is 20.8 Å². The summed E-state index contributed by atoms with van der Waals surface area (Å²) in [6, 6.07) is 9.72. The largest absolute Gasteiger partial charge is 0.392 e. The van der Waals surface area contributed by atoms with E-state index in [9.17, 15) is 5.11 Å². The van der Waals surface area contributed by atoms with E-state index in [0.29, 0.717) is 5.82 Å². The fourth-order valence-corrected chi connectivity index (χ4v) is 2.36. The topological polar surface area (TPSA) is 62.2 Å². The van der Waals surface area contributed by atoms with E-state index >= 15 is 0 Å². The maximum atomic E-state index is 9.39. The van der Waals surface area contributed by atoms with Crippen LogP contribution in [-0.4, -0.2) is 14.5 Å². The van der Waals surface area contributed by atoms with Gasteiger partial charge in [0, 0.05) is 11.8 Å². The first-order valence-corrected chi connectivity index (χ1v) is 7.16. The van der Waals surface area contributed by atoms with Gasteiger partial charge in [-0.1, -0.05) is 12.1 Å². The smallest absolute Gasteiger partial charge is 0.182 e. The Morgan fingerprint density at radius 1 is 1.09 bits per heavy atom. The zero-order valence-corrected chi connectivity index (χ0v) is 12.9. The standard InChI is InChI=1S/C17H18N4O/c1-11-6-7-15(9-12(11)2)19-20-16-13(3)18-17-14(10-22)5-4-8-21(16)17/h4-9,22H,10H2,1-3H3. The molecule has 5 nitrogen and oxygen atoms in total. The van der Waals surface area contributed by atoms with Crippen molar-refractivity contribution in [1.82, 2.24) is 9.38 Å². The molecule has 0 aliphatic carbocycles. The number of nitrogens with zero attached hydrogens (tertiary/aromatic N) is 4. The number of azo groups is 1. The maximum absolute atomic E-state index is 9.39. The monoisotopic (exact) mass is 294 g/mol. The summed E-state index contributed by atoms with van der Waals surface area (Å²) in [7, 11) is 0. The summed E-state index contributed by atoms with van der Waals surface area (Å²) in [6.45, 7) is 5.97. The second-order valence-electron chi connectivity index (χ2n) is 5.37. The lowest BCUT2D eigenvalue weighted by Gasteiger charge is -2.01. The molecule has 0 aliphatic rings. The third-order valence-corrected chi connectivity index (χ3v) is 3.79. The van der Waals surface area contributed by atoms with Gasteiger partial charge in [-0.2, -0.15) is 0 Å². The average molecular weight is 294 g/mol. The van der Waals surface area contributed by atoms with E-state index in [-0.39, 0.29) is 6.61 Å². The Bertz CT molecular complexity index is 864. The Morgan fingerprint density at radius 3 is 2.64 bits per heavy atom. The van der Waals surface area contributed by atoms with Gasteiger partial charge in [0.05, 0.1) is 18.0 Å². The molecule has 0 amide bonds. The van der Waals surface area contributed by atoms with Crippen LogP contribution in [0.4, 0.5) is 11.5 Å². The van der Waals surface area contributed by atoms with Gasteiger partial charge in [-0.3, -0.25) is 4.40 Å². The van der Waals surface area contributed by atoms with Crippen molar-refractivity contribution in [3.63, 3.8) is 0 Å². The predicted octanol–water partition coefficient (Wildman–Crippen LogP) is 4.17. The Labute approximate surface area is 129 Å². The van der Waals surface area contributed by atoms with Crippen molar-refractivity contribution in [3.8, 4) is 0 Å². The van der Waals surface area contributed by atoms with E-state index in [1.807, 2.05) is 47.9 Å². The second kappa shape index (κ2) is 5.69. The number of aliphatic hydroxyl groups excluding tert-OH is 1. The molecule has 1 aromatic carbocycles. The zero-order valence-electron chi connectivity index (χ0n) is 12.9. The lowest BCUT2D eigenvalue weighted by atomic mass is 10.1. The van der Waals surface area contributed by atoms with Crippen LogP contribution in [0.3, 0.4) is 0 Å². The molecular weight excluding hydrogens is 276 g/mol. The quantitative estimate of drug-likeness (QED) is 0.737. The summed E-state index contributed by atoms with van der Waals surface area (Å²) >= 11 is 0. The molecular formula is C17H18N4O. The van der Waals surface area contributed by atoms with Gasteiger partial charge in [0.15, 0.2) is 5.82 Å². The molecule has 0 aliphatic heterocycles. The summed E-state index contributed by atoms with van der Waals surface area (Å²) in [6.07, 6.45) is 1.88. The molecule has 0 atom stereocenters. The normalized spacial score (nSPS) is 11.6. The van der Waals surface area contributed by atoms with Gasteiger partial charge in [0.25, 0.3) is 0 Å². The summed E-state index contributed by atoms with van der Waals surface area (Å²) < 4.78 is 1.85. The molecule has 0 fully saturated rings. The van der Waals surface area contributed by atoms with Crippen LogP contribution >= 0.6 is 0 Å². The zero-order chi connectivity index (χ0) is 15.7. The SMILES string of the molecule is Cc1ccc(N=Nc2c(C)nc3c(CO)cccn23)cc1C. The van der Waals surface area contributed by atoms with Gasteiger partial charge >= 0.3 is 0 Å². The van der Waals surface area contributed by atoms with Gasteiger partial charge in [0.1, 0.15) is 5.65 Å². The molecule has 0 saturated carbocycles. The Balaban J connectivity index is 2.05. The van der Waals surface area contributed by atoms with E-state index in [4.69, 9.17) is 0 Å². The summed E-state index contributed by atoms with van der Waals surface area (Å²) in [5, 5.41) is 18.1. The first-order valence-electron chi connectivity index (χ1n) is 7.16. The maximum Gasteiger partial charge on any atom is 0.182 e. The summed E-state index contributed by atoms with van der Waals surface area (Å²) in [4.78, 5) is 4.48. The van der Waals surface area contributed by atoms with Crippen LogP contribution in [0.15, 0.2) is 46.8 Å². The predicted molar refractivity (Wildman–Crippen MR) is 85.9 cm³/mol. The number of fused-ring (bicyclic) bond motifs is 1. The highest BCUT2D eigenvalue weighted by Gasteiger charge is 2.10. The number of aromatic nitrogens is 2. The lowest BCUT2D eigenvalue weighted by Crippen LogP contribution is -1.90. The number of hydrogen-bond acceptors (Lipinski definition) is 4. The number of pyridine rings is 1. The van der Waals surface area contributed by atoms with Crippen molar-refractivity contribution in [3.05, 3.63) is 58.9 Å². The van der Waals surface area contributed by atoms with Gasteiger partial charge in [-0.15, -0.1) is 10.2 Å². The highest BCUT2D eigenvalue weighted by atomic mass is 16.3. The van der Waals surface area contributed by atoms with Crippen molar-refractivity contribution in [2.24, 2.45) is 10.2 Å². The first kappa shape index (κ1) is 14.4. The number of benzene rings is 1. The van der Waals surface area contributed by atoms with E-state index < -0.39 is 0 Å². The van der Waals surface area contributed by atoms with Crippen molar-refractivity contribution in [2.75, 3.05) is 0 Å². The minimum absolute atomic E-state index is 0.0471. The minimum atomic E-state index is -0.0471. The fraction of sp³-hybridized carbons (Fsp3) is 0.235. The Kier molecular flexibility index (Phi) is 3.73. The van der Waals surface area contributed by atoms with Gasteiger partial charge in [-0.25, -0.2) is 4.98 Å². The van der Waals surface area contributed by atoms with E-state index in [1.165, 1.54) is 11.1 Å². The molecule has 22 heavy (non-hydrogen) atoms. The third-order valence-electron chi connectivity index (χ3n) is 3.79. The van der Waals surface area contributed by atoms with Crippen LogP contribution in [0.5, 0.6) is 0 Å². The fourth-order valence-electron chi connectivity index (χ4n) is 2.36. The summed E-state index contributed by atoms with van der Waals surface area (Å²) in [5.74, 6) is 0.684. The highest BCUT2D eigenvalue weighted by molar-refractivity contribution is 5.56. The van der Waals surface area contributed by atoms with Crippen molar-refractivity contribution >= 4 is 17.2 Å². The highest BCUT2D eigenvalue weighted by Crippen LogP contribution is 2.25. The first-order chi connectivity index (χ1) is 10.6. The molecule has 5 heteroatoms. The molecule has 3 rings (SSSR count). The van der Waals surface area contributed by atoms with Crippen LogP contribution in [0.25, 0.3) is 5.65 Å². The Hall–Kier alpha value is -2.53. The van der Waals surface area contributed by atoms with E-state index in [0.717, 1.165) is 22.6 Å². The van der Waals surface area contributed by atoms with Crippen LogP contribution in [0.2, 0.25) is 0 Å². The molecule has 1 N–H and O–H groups in total. The van der Waals surface area contributed by atoms with Crippen LogP contribution in [0.1, 0.15) is 22.4 Å². The molecule has 112 valence electrons. The summed E-state index contributed by atoms with van der Waals surface area (Å²) in [5.41, 5.74) is 5.52. The molecule has 3 aromatic rings. The number of hydrogen-bond donors (Lipinski definition) is 1. The molecule has 0 bridgehead atoms. The van der Waals surface area contributed by atoms with E-state index in [1.54, 1.807) is 0 Å². The molecule has 2 heterocycles. The molecule has 0 unspecified atom stereocenters. The number of aliphatic hydroxyl groups is 1. The van der Waals surface area contributed by atoms with Crippen LogP contribution < -0.4 is 0 Å². The van der Waals surface area contributed by atoms with Crippen molar-refractivity contribution < 1.29 is 5.11 Å². The Morgan fingerprint density at radius 2 is 1.91 bits per heavy atom. The number of rotatable bonds is 3. The average Bonchev–Trinajstić information content (AvgIpc) is 2.84.